The van der Waals surface area contributed by atoms with Crippen molar-refractivity contribution in [2.45, 2.75) is 68.7 Å². The molecule has 4 rings (SSSR count). The summed E-state index contributed by atoms with van der Waals surface area (Å²) in [4.78, 5) is 10.0. The molecule has 158 valence electrons. The molecule has 3 heterocycles. The average molecular weight is 434 g/mol. The minimum absolute atomic E-state index is 0.297. The Morgan fingerprint density at radius 2 is 2.00 bits per heavy atom. The molecule has 0 atom stereocenters. The van der Waals surface area contributed by atoms with Crippen molar-refractivity contribution in [1.82, 2.24) is 9.97 Å². The van der Waals surface area contributed by atoms with Crippen LogP contribution in [0.25, 0.3) is 11.0 Å². The van der Waals surface area contributed by atoms with Crippen molar-refractivity contribution in [3.05, 3.63) is 29.6 Å². The number of anilines is 1. The first-order valence-corrected chi connectivity index (χ1v) is 15.8. The SMILES string of the molecule is C[Si](C)(C)CCOCC1=CS(=O)(=O)c2cnc3[nH]ccc3c2N1C1CCCCC1. The molecule has 1 N–H and O–H groups in total. The van der Waals surface area contributed by atoms with Crippen LogP contribution in [-0.2, 0) is 14.6 Å². The van der Waals surface area contributed by atoms with Crippen molar-refractivity contribution in [2.75, 3.05) is 18.1 Å². The molecule has 0 saturated heterocycles. The molecule has 6 nitrogen and oxygen atoms in total. The van der Waals surface area contributed by atoms with E-state index in [-0.39, 0.29) is 0 Å². The number of sulfone groups is 1. The third-order valence-electron chi connectivity index (χ3n) is 5.86. The van der Waals surface area contributed by atoms with Gasteiger partial charge in [-0.3, -0.25) is 0 Å². The van der Waals surface area contributed by atoms with Gasteiger partial charge in [0.1, 0.15) is 10.5 Å². The smallest absolute Gasteiger partial charge is 0.205 e. The van der Waals surface area contributed by atoms with Gasteiger partial charge in [0.05, 0.1) is 29.6 Å². The van der Waals surface area contributed by atoms with E-state index in [1.54, 1.807) is 0 Å². The number of fused-ring (bicyclic) bond motifs is 3. The molecular weight excluding hydrogens is 402 g/mol. The second-order valence-corrected chi connectivity index (χ2v) is 16.8. The van der Waals surface area contributed by atoms with Crippen LogP contribution in [0.1, 0.15) is 32.1 Å². The molecule has 0 amide bonds. The second kappa shape index (κ2) is 7.89. The zero-order valence-corrected chi connectivity index (χ0v) is 19.4. The molecule has 0 spiro atoms. The number of nitrogens with one attached hydrogen (secondary N) is 1. The number of nitrogens with zero attached hydrogens (tertiary/aromatic N) is 2. The van der Waals surface area contributed by atoms with Crippen LogP contribution in [0.2, 0.25) is 25.7 Å². The Hall–Kier alpha value is -1.64. The lowest BCUT2D eigenvalue weighted by Gasteiger charge is -2.40. The molecule has 1 saturated carbocycles. The van der Waals surface area contributed by atoms with Gasteiger partial charge in [-0.1, -0.05) is 38.9 Å². The van der Waals surface area contributed by atoms with Crippen LogP contribution in [0.15, 0.2) is 34.5 Å². The lowest BCUT2D eigenvalue weighted by Crippen LogP contribution is -2.40. The van der Waals surface area contributed by atoms with Crippen molar-refractivity contribution >= 4 is 34.6 Å². The van der Waals surface area contributed by atoms with Gasteiger partial charge >= 0.3 is 0 Å². The molecule has 0 radical (unpaired) electrons. The fourth-order valence-corrected chi connectivity index (χ4v) is 6.39. The number of ether oxygens (including phenoxy) is 1. The number of hydrogen-bond donors (Lipinski definition) is 1. The number of hydrogen-bond acceptors (Lipinski definition) is 5. The Labute approximate surface area is 174 Å². The summed E-state index contributed by atoms with van der Waals surface area (Å²) in [7, 11) is -4.74. The Balaban J connectivity index is 1.73. The van der Waals surface area contributed by atoms with Crippen LogP contribution in [-0.4, -0.2) is 45.7 Å². The van der Waals surface area contributed by atoms with E-state index < -0.39 is 17.9 Å². The van der Waals surface area contributed by atoms with Gasteiger partial charge in [0.15, 0.2) is 0 Å². The third kappa shape index (κ3) is 4.29. The largest absolute Gasteiger partial charge is 0.376 e. The fraction of sp³-hybridized carbons (Fsp3) is 0.571. The Morgan fingerprint density at radius 3 is 2.72 bits per heavy atom. The topological polar surface area (TPSA) is 75.3 Å². The first-order valence-electron chi connectivity index (χ1n) is 10.5. The first kappa shape index (κ1) is 20.6. The molecule has 1 aliphatic heterocycles. The number of aromatic amines is 1. The molecule has 2 aliphatic rings. The van der Waals surface area contributed by atoms with E-state index in [4.69, 9.17) is 4.74 Å². The maximum atomic E-state index is 13.1. The van der Waals surface area contributed by atoms with E-state index in [1.807, 2.05) is 12.3 Å². The predicted molar refractivity (Wildman–Crippen MR) is 120 cm³/mol. The van der Waals surface area contributed by atoms with Crippen molar-refractivity contribution in [2.24, 2.45) is 0 Å². The third-order valence-corrected chi connectivity index (χ3v) is 9.06. The zero-order valence-electron chi connectivity index (χ0n) is 17.6. The molecule has 0 aromatic carbocycles. The number of H-pyrrole nitrogens is 1. The highest BCUT2D eigenvalue weighted by atomic mass is 32.2. The number of rotatable bonds is 6. The summed E-state index contributed by atoms with van der Waals surface area (Å²) in [5.41, 5.74) is 2.25. The molecule has 29 heavy (non-hydrogen) atoms. The summed E-state index contributed by atoms with van der Waals surface area (Å²) in [5, 5.41) is 2.28. The molecule has 1 fully saturated rings. The van der Waals surface area contributed by atoms with Crippen LogP contribution in [0.3, 0.4) is 0 Å². The van der Waals surface area contributed by atoms with Gasteiger partial charge in [-0.25, -0.2) is 13.4 Å². The standard InChI is InChI=1S/C21H31N3O3SSi/c1-29(2,3)12-11-27-14-17-15-28(25,26)19-13-23-21-18(9-10-22-21)20(19)24(17)16-7-5-4-6-8-16/h9-10,13,15-16H,4-8,11-12,14H2,1-3H3,(H,22,23). The summed E-state index contributed by atoms with van der Waals surface area (Å²) >= 11 is 0. The zero-order chi connectivity index (χ0) is 20.6. The van der Waals surface area contributed by atoms with Gasteiger partial charge in [-0.15, -0.1) is 0 Å². The van der Waals surface area contributed by atoms with Crippen molar-refractivity contribution < 1.29 is 13.2 Å². The van der Waals surface area contributed by atoms with Crippen LogP contribution >= 0.6 is 0 Å². The maximum absolute atomic E-state index is 13.1. The minimum Gasteiger partial charge on any atom is -0.376 e. The Kier molecular flexibility index (Phi) is 5.61. The van der Waals surface area contributed by atoms with E-state index in [1.165, 1.54) is 30.9 Å². The molecule has 8 heteroatoms. The van der Waals surface area contributed by atoms with E-state index in [0.717, 1.165) is 41.3 Å². The van der Waals surface area contributed by atoms with Crippen LogP contribution in [0.4, 0.5) is 5.69 Å². The molecule has 1 aliphatic carbocycles. The quantitative estimate of drug-likeness (QED) is 0.528. The average Bonchev–Trinajstić information content (AvgIpc) is 3.14. The van der Waals surface area contributed by atoms with Crippen molar-refractivity contribution in [3.63, 3.8) is 0 Å². The fourth-order valence-electron chi connectivity index (χ4n) is 4.29. The van der Waals surface area contributed by atoms with Gasteiger partial charge in [0.25, 0.3) is 0 Å². The van der Waals surface area contributed by atoms with E-state index in [0.29, 0.717) is 24.2 Å². The summed E-state index contributed by atoms with van der Waals surface area (Å²) in [6, 6.07) is 3.30. The Bertz CT molecular complexity index is 1020. The normalized spacial score (nSPS) is 20.0. The van der Waals surface area contributed by atoms with E-state index in [2.05, 4.69) is 34.5 Å². The predicted octanol–water partition coefficient (Wildman–Crippen LogP) is 4.69. The second-order valence-electron chi connectivity index (χ2n) is 9.39. The van der Waals surface area contributed by atoms with Gasteiger partial charge in [-0.05, 0) is 25.0 Å². The lowest BCUT2D eigenvalue weighted by atomic mass is 9.93. The first-order chi connectivity index (χ1) is 13.8. The maximum Gasteiger partial charge on any atom is 0.205 e. The summed E-state index contributed by atoms with van der Waals surface area (Å²) < 4.78 is 32.1. The Morgan fingerprint density at radius 1 is 1.24 bits per heavy atom. The highest BCUT2D eigenvalue weighted by Gasteiger charge is 2.36. The summed E-state index contributed by atoms with van der Waals surface area (Å²) in [6.45, 7) is 7.96. The lowest BCUT2D eigenvalue weighted by molar-refractivity contribution is 0.166. The van der Waals surface area contributed by atoms with E-state index in [9.17, 15) is 8.42 Å². The van der Waals surface area contributed by atoms with Gasteiger partial charge < -0.3 is 14.6 Å². The van der Waals surface area contributed by atoms with Crippen LogP contribution in [0, 0.1) is 0 Å². The highest BCUT2D eigenvalue weighted by molar-refractivity contribution is 7.94. The molecule has 0 bridgehead atoms. The number of pyridine rings is 1. The summed E-state index contributed by atoms with van der Waals surface area (Å²) in [6.07, 6.45) is 9.06. The van der Waals surface area contributed by atoms with Crippen LogP contribution in [0.5, 0.6) is 0 Å². The number of aromatic nitrogens is 2. The minimum atomic E-state index is -3.55. The van der Waals surface area contributed by atoms with Crippen LogP contribution < -0.4 is 4.90 Å². The molecular formula is C21H31N3O3SSi. The van der Waals surface area contributed by atoms with Gasteiger partial charge in [0.2, 0.25) is 9.84 Å². The molecule has 2 aromatic rings. The van der Waals surface area contributed by atoms with Gasteiger partial charge in [-0.2, -0.15) is 0 Å². The highest BCUT2D eigenvalue weighted by Crippen LogP contribution is 2.42. The van der Waals surface area contributed by atoms with Gasteiger partial charge in [0, 0.05) is 32.3 Å². The van der Waals surface area contributed by atoms with E-state index >= 15 is 0 Å². The van der Waals surface area contributed by atoms with Crippen molar-refractivity contribution in [3.8, 4) is 0 Å². The molecule has 2 aromatic heterocycles. The van der Waals surface area contributed by atoms with Crippen molar-refractivity contribution in [1.29, 1.82) is 0 Å². The molecule has 0 unspecified atom stereocenters. The monoisotopic (exact) mass is 433 g/mol. The summed E-state index contributed by atoms with van der Waals surface area (Å²) in [5.74, 6) is 0.